The summed E-state index contributed by atoms with van der Waals surface area (Å²) in [5.41, 5.74) is 0.856. The molecule has 1 rings (SSSR count). The maximum atomic E-state index is 5.82. The molecule has 120 valence electrons. The molecule has 1 aromatic heterocycles. The van der Waals surface area contributed by atoms with Gasteiger partial charge in [-0.3, -0.25) is 0 Å². The van der Waals surface area contributed by atoms with Crippen LogP contribution in [0.25, 0.3) is 0 Å². The largest absolute Gasteiger partial charge is 0.477 e. The van der Waals surface area contributed by atoms with E-state index in [1.165, 1.54) is 0 Å². The first kappa shape index (κ1) is 17.7. The van der Waals surface area contributed by atoms with E-state index in [1.807, 2.05) is 6.92 Å². The molecule has 0 spiro atoms. The predicted octanol–water partition coefficient (Wildman–Crippen LogP) is 3.32. The van der Waals surface area contributed by atoms with E-state index in [9.17, 15) is 0 Å². The van der Waals surface area contributed by atoms with Gasteiger partial charge in [0.2, 0.25) is 5.88 Å². The third-order valence-corrected chi connectivity index (χ3v) is 3.05. The van der Waals surface area contributed by atoms with Crippen LogP contribution in [0.15, 0.2) is 0 Å². The standard InChI is InChI=1S/C16H29N3O2/c1-7-9-17-13-12(2)14(21-11-8-10-20-6)19-15(18-13)16(3,4)5/h7-11H2,1-6H3,(H,17,18,19). The number of rotatable bonds is 8. The second-order valence-corrected chi connectivity index (χ2v) is 6.20. The average Bonchev–Trinajstić information content (AvgIpc) is 2.42. The Balaban J connectivity index is 2.97. The van der Waals surface area contributed by atoms with Gasteiger partial charge in [0.05, 0.1) is 12.2 Å². The van der Waals surface area contributed by atoms with Gasteiger partial charge in [0.1, 0.15) is 11.6 Å². The van der Waals surface area contributed by atoms with Crippen LogP contribution in [0.5, 0.6) is 5.88 Å². The van der Waals surface area contributed by atoms with Crippen LogP contribution in [-0.4, -0.2) is 36.8 Å². The van der Waals surface area contributed by atoms with Gasteiger partial charge >= 0.3 is 0 Å². The van der Waals surface area contributed by atoms with E-state index in [1.54, 1.807) is 7.11 Å². The van der Waals surface area contributed by atoms with E-state index in [4.69, 9.17) is 9.47 Å². The molecule has 0 atom stereocenters. The minimum Gasteiger partial charge on any atom is -0.477 e. The summed E-state index contributed by atoms with van der Waals surface area (Å²) >= 11 is 0. The summed E-state index contributed by atoms with van der Waals surface area (Å²) in [7, 11) is 1.69. The van der Waals surface area contributed by atoms with Crippen molar-refractivity contribution in [3.63, 3.8) is 0 Å². The Morgan fingerprint density at radius 1 is 1.14 bits per heavy atom. The Morgan fingerprint density at radius 3 is 2.43 bits per heavy atom. The van der Waals surface area contributed by atoms with Gasteiger partial charge in [-0.25, -0.2) is 4.98 Å². The van der Waals surface area contributed by atoms with Gasteiger partial charge in [0.25, 0.3) is 0 Å². The molecule has 5 heteroatoms. The van der Waals surface area contributed by atoms with E-state index >= 15 is 0 Å². The SMILES string of the molecule is CCCNc1nc(C(C)(C)C)nc(OCCCOC)c1C. The maximum Gasteiger partial charge on any atom is 0.221 e. The second-order valence-electron chi connectivity index (χ2n) is 6.20. The van der Waals surface area contributed by atoms with E-state index in [0.717, 1.165) is 36.6 Å². The monoisotopic (exact) mass is 295 g/mol. The molecule has 0 radical (unpaired) electrons. The lowest BCUT2D eigenvalue weighted by Gasteiger charge is -2.21. The normalized spacial score (nSPS) is 11.5. The Morgan fingerprint density at radius 2 is 1.86 bits per heavy atom. The Hall–Kier alpha value is -1.36. The van der Waals surface area contributed by atoms with Crippen molar-refractivity contribution in [1.29, 1.82) is 0 Å². The van der Waals surface area contributed by atoms with Gasteiger partial charge in [0.15, 0.2) is 0 Å². The van der Waals surface area contributed by atoms with Gasteiger partial charge in [-0.2, -0.15) is 4.98 Å². The second kappa shape index (κ2) is 8.17. The lowest BCUT2D eigenvalue weighted by Crippen LogP contribution is -2.19. The highest BCUT2D eigenvalue weighted by atomic mass is 16.5. The van der Waals surface area contributed by atoms with Crippen molar-refractivity contribution in [1.82, 2.24) is 9.97 Å². The van der Waals surface area contributed by atoms with Crippen molar-refractivity contribution < 1.29 is 9.47 Å². The molecule has 0 saturated carbocycles. The highest BCUT2D eigenvalue weighted by Gasteiger charge is 2.21. The molecule has 0 aromatic carbocycles. The van der Waals surface area contributed by atoms with E-state index in [2.05, 4.69) is 43.0 Å². The van der Waals surface area contributed by atoms with Crippen LogP contribution >= 0.6 is 0 Å². The van der Waals surface area contributed by atoms with Gasteiger partial charge in [-0.1, -0.05) is 27.7 Å². The predicted molar refractivity (Wildman–Crippen MR) is 86.2 cm³/mol. The van der Waals surface area contributed by atoms with Crippen LogP contribution in [0.3, 0.4) is 0 Å². The molecule has 0 aliphatic heterocycles. The Labute approximate surface area is 128 Å². The van der Waals surface area contributed by atoms with Gasteiger partial charge in [-0.05, 0) is 13.3 Å². The molecular weight excluding hydrogens is 266 g/mol. The lowest BCUT2D eigenvalue weighted by molar-refractivity contribution is 0.170. The van der Waals surface area contributed by atoms with Crippen LogP contribution in [0.1, 0.15) is 51.9 Å². The molecule has 1 heterocycles. The number of ether oxygens (including phenoxy) is 2. The fourth-order valence-electron chi connectivity index (χ4n) is 1.76. The van der Waals surface area contributed by atoms with Crippen molar-refractivity contribution >= 4 is 5.82 Å². The Bertz CT molecular complexity index is 442. The fraction of sp³-hybridized carbons (Fsp3) is 0.750. The van der Waals surface area contributed by atoms with Crippen LogP contribution in [0.4, 0.5) is 5.82 Å². The molecule has 1 aromatic rings. The number of nitrogens with one attached hydrogen (secondary N) is 1. The lowest BCUT2D eigenvalue weighted by atomic mass is 9.95. The van der Waals surface area contributed by atoms with E-state index in [0.29, 0.717) is 19.1 Å². The number of anilines is 1. The van der Waals surface area contributed by atoms with E-state index < -0.39 is 0 Å². The molecule has 21 heavy (non-hydrogen) atoms. The summed E-state index contributed by atoms with van der Waals surface area (Å²) in [6.45, 7) is 12.6. The molecule has 0 aliphatic rings. The van der Waals surface area contributed by atoms with Crippen molar-refractivity contribution in [2.75, 3.05) is 32.2 Å². The highest BCUT2D eigenvalue weighted by Crippen LogP contribution is 2.27. The van der Waals surface area contributed by atoms with Gasteiger partial charge in [-0.15, -0.1) is 0 Å². The molecule has 0 amide bonds. The minimum absolute atomic E-state index is 0.110. The van der Waals surface area contributed by atoms with Crippen molar-refractivity contribution in [3.8, 4) is 5.88 Å². The summed E-state index contributed by atoms with van der Waals surface area (Å²) in [6, 6.07) is 0. The molecule has 0 unspecified atom stereocenters. The maximum absolute atomic E-state index is 5.82. The highest BCUT2D eigenvalue weighted by molar-refractivity contribution is 5.49. The number of aromatic nitrogens is 2. The Kier molecular flexibility index (Phi) is 6.89. The minimum atomic E-state index is -0.110. The molecule has 0 fully saturated rings. The topological polar surface area (TPSA) is 56.3 Å². The van der Waals surface area contributed by atoms with Crippen molar-refractivity contribution in [2.24, 2.45) is 0 Å². The van der Waals surface area contributed by atoms with Crippen LogP contribution in [0, 0.1) is 6.92 Å². The summed E-state index contributed by atoms with van der Waals surface area (Å²) in [5, 5.41) is 3.36. The molecule has 1 N–H and O–H groups in total. The smallest absolute Gasteiger partial charge is 0.221 e. The third-order valence-electron chi connectivity index (χ3n) is 3.05. The quantitative estimate of drug-likeness (QED) is 0.746. The number of nitrogens with zero attached hydrogens (tertiary/aromatic N) is 2. The van der Waals surface area contributed by atoms with Crippen molar-refractivity contribution in [3.05, 3.63) is 11.4 Å². The molecular formula is C16H29N3O2. The first-order valence-corrected chi connectivity index (χ1v) is 7.64. The average molecular weight is 295 g/mol. The summed E-state index contributed by atoms with van der Waals surface area (Å²) in [5.74, 6) is 2.34. The van der Waals surface area contributed by atoms with Gasteiger partial charge < -0.3 is 14.8 Å². The molecule has 0 bridgehead atoms. The van der Waals surface area contributed by atoms with E-state index in [-0.39, 0.29) is 5.41 Å². The van der Waals surface area contributed by atoms with Crippen molar-refractivity contribution in [2.45, 2.75) is 52.9 Å². The first-order valence-electron chi connectivity index (χ1n) is 7.64. The van der Waals surface area contributed by atoms with Crippen LogP contribution in [0.2, 0.25) is 0 Å². The first-order chi connectivity index (χ1) is 9.90. The third kappa shape index (κ3) is 5.50. The zero-order chi connectivity index (χ0) is 15.9. The molecule has 0 aliphatic carbocycles. The fourth-order valence-corrected chi connectivity index (χ4v) is 1.76. The zero-order valence-electron chi connectivity index (χ0n) is 14.2. The molecule has 5 nitrogen and oxygen atoms in total. The molecule has 0 saturated heterocycles. The summed E-state index contributed by atoms with van der Waals surface area (Å²) < 4.78 is 10.9. The van der Waals surface area contributed by atoms with Crippen LogP contribution in [-0.2, 0) is 10.2 Å². The zero-order valence-corrected chi connectivity index (χ0v) is 14.2. The number of hydrogen-bond donors (Lipinski definition) is 1. The van der Waals surface area contributed by atoms with Crippen LogP contribution < -0.4 is 10.1 Å². The van der Waals surface area contributed by atoms with Gasteiger partial charge in [0, 0.05) is 32.1 Å². The summed E-state index contributed by atoms with van der Waals surface area (Å²) in [6.07, 6.45) is 1.90. The summed E-state index contributed by atoms with van der Waals surface area (Å²) in [4.78, 5) is 9.25. The number of methoxy groups -OCH3 is 1. The number of hydrogen-bond acceptors (Lipinski definition) is 5.